The number of sulfonamides is 1. The number of nitrogens with zero attached hydrogens (tertiary/aromatic N) is 1. The molecule has 0 bridgehead atoms. The summed E-state index contributed by atoms with van der Waals surface area (Å²) in [5.74, 6) is -0.928. The molecular weight excluding hydrogens is 319 g/mol. The first-order valence-corrected chi connectivity index (χ1v) is 8.70. The zero-order chi connectivity index (χ0) is 17.0. The molecule has 0 radical (unpaired) electrons. The van der Waals surface area contributed by atoms with Gasteiger partial charge in [-0.05, 0) is 43.3 Å². The van der Waals surface area contributed by atoms with Crippen molar-refractivity contribution in [2.75, 3.05) is 22.4 Å². The SMILES string of the molecule is Cc1ccc(N(CC(=O)Nc2ccc(F)cc2)S(C)(=O)=O)cc1. The van der Waals surface area contributed by atoms with E-state index in [-0.39, 0.29) is 6.54 Å². The minimum atomic E-state index is -3.61. The van der Waals surface area contributed by atoms with E-state index < -0.39 is 21.7 Å². The van der Waals surface area contributed by atoms with Gasteiger partial charge in [-0.2, -0.15) is 0 Å². The molecule has 7 heteroatoms. The van der Waals surface area contributed by atoms with Gasteiger partial charge in [0.05, 0.1) is 11.9 Å². The van der Waals surface area contributed by atoms with E-state index in [1.165, 1.54) is 24.3 Å². The van der Waals surface area contributed by atoms with Crippen LogP contribution in [-0.2, 0) is 14.8 Å². The highest BCUT2D eigenvalue weighted by molar-refractivity contribution is 7.92. The smallest absolute Gasteiger partial charge is 0.245 e. The summed E-state index contributed by atoms with van der Waals surface area (Å²) in [5.41, 5.74) is 1.79. The maximum absolute atomic E-state index is 12.8. The second kappa shape index (κ2) is 6.78. The van der Waals surface area contributed by atoms with Crippen molar-refractivity contribution < 1.29 is 17.6 Å². The van der Waals surface area contributed by atoms with Gasteiger partial charge in [-0.1, -0.05) is 17.7 Å². The van der Waals surface area contributed by atoms with Crippen LogP contribution in [0.2, 0.25) is 0 Å². The van der Waals surface area contributed by atoms with Crippen molar-refractivity contribution in [2.45, 2.75) is 6.92 Å². The Balaban J connectivity index is 2.16. The number of carbonyl (C=O) groups is 1. The third-order valence-electron chi connectivity index (χ3n) is 3.14. The van der Waals surface area contributed by atoms with E-state index in [9.17, 15) is 17.6 Å². The fourth-order valence-electron chi connectivity index (χ4n) is 1.98. The Morgan fingerprint density at radius 1 is 1.09 bits per heavy atom. The van der Waals surface area contributed by atoms with E-state index in [1.807, 2.05) is 6.92 Å². The van der Waals surface area contributed by atoms with Crippen LogP contribution < -0.4 is 9.62 Å². The summed E-state index contributed by atoms with van der Waals surface area (Å²) < 4.78 is 37.8. The molecule has 5 nitrogen and oxygen atoms in total. The Hall–Kier alpha value is -2.41. The monoisotopic (exact) mass is 336 g/mol. The summed E-state index contributed by atoms with van der Waals surface area (Å²) in [6.07, 6.45) is 1.04. The lowest BCUT2D eigenvalue weighted by Crippen LogP contribution is -2.37. The third kappa shape index (κ3) is 4.79. The van der Waals surface area contributed by atoms with Crippen LogP contribution in [0.3, 0.4) is 0 Å². The van der Waals surface area contributed by atoms with Gasteiger partial charge in [-0.25, -0.2) is 12.8 Å². The molecule has 2 aromatic rings. The number of hydrogen-bond acceptors (Lipinski definition) is 3. The number of carbonyl (C=O) groups excluding carboxylic acids is 1. The topological polar surface area (TPSA) is 66.5 Å². The predicted octanol–water partition coefficient (Wildman–Crippen LogP) is 2.54. The van der Waals surface area contributed by atoms with E-state index >= 15 is 0 Å². The second-order valence-electron chi connectivity index (χ2n) is 5.16. The van der Waals surface area contributed by atoms with Crippen molar-refractivity contribution in [3.8, 4) is 0 Å². The molecule has 2 aromatic carbocycles. The number of hydrogen-bond donors (Lipinski definition) is 1. The summed E-state index contributed by atoms with van der Waals surface area (Å²) in [6.45, 7) is 1.52. The van der Waals surface area contributed by atoms with Crippen molar-refractivity contribution in [1.29, 1.82) is 0 Å². The van der Waals surface area contributed by atoms with Crippen LogP contribution in [0.1, 0.15) is 5.56 Å². The first-order chi connectivity index (χ1) is 10.8. The van der Waals surface area contributed by atoms with Crippen LogP contribution in [0.15, 0.2) is 48.5 Å². The number of rotatable bonds is 5. The number of amides is 1. The van der Waals surface area contributed by atoms with E-state index in [0.717, 1.165) is 16.1 Å². The number of nitrogens with one attached hydrogen (secondary N) is 1. The van der Waals surface area contributed by atoms with Gasteiger partial charge < -0.3 is 5.32 Å². The van der Waals surface area contributed by atoms with Gasteiger partial charge in [0.1, 0.15) is 12.4 Å². The highest BCUT2D eigenvalue weighted by Crippen LogP contribution is 2.18. The molecule has 0 aromatic heterocycles. The van der Waals surface area contributed by atoms with Gasteiger partial charge in [-0.15, -0.1) is 0 Å². The van der Waals surface area contributed by atoms with E-state index in [1.54, 1.807) is 24.3 Å². The van der Waals surface area contributed by atoms with Crippen LogP contribution in [0.25, 0.3) is 0 Å². The van der Waals surface area contributed by atoms with Gasteiger partial charge in [0, 0.05) is 5.69 Å². The maximum Gasteiger partial charge on any atom is 0.245 e. The fraction of sp³-hybridized carbons (Fsp3) is 0.188. The Labute approximate surface area is 134 Å². The molecule has 1 amide bonds. The number of aryl methyl sites for hydroxylation is 1. The summed E-state index contributed by atoms with van der Waals surface area (Å²) in [5, 5.41) is 2.54. The fourth-order valence-corrected chi connectivity index (χ4v) is 2.83. The normalized spacial score (nSPS) is 11.1. The minimum absolute atomic E-state index is 0.362. The van der Waals surface area contributed by atoms with Crippen molar-refractivity contribution in [2.24, 2.45) is 0 Å². The minimum Gasteiger partial charge on any atom is -0.325 e. The zero-order valence-electron chi connectivity index (χ0n) is 12.8. The molecule has 0 aliphatic carbocycles. The number of halogens is 1. The molecule has 2 rings (SSSR count). The van der Waals surface area contributed by atoms with Crippen LogP contribution in [0.5, 0.6) is 0 Å². The second-order valence-corrected chi connectivity index (χ2v) is 7.07. The standard InChI is InChI=1S/C16H17FN2O3S/c1-12-3-9-15(10-4-12)19(23(2,21)22)11-16(20)18-14-7-5-13(17)6-8-14/h3-10H,11H2,1-2H3,(H,18,20). The Kier molecular flexibility index (Phi) is 5.00. The van der Waals surface area contributed by atoms with E-state index in [4.69, 9.17) is 0 Å². The molecule has 0 atom stereocenters. The van der Waals surface area contributed by atoms with Crippen molar-refractivity contribution in [1.82, 2.24) is 0 Å². The molecule has 0 saturated heterocycles. The molecule has 0 fully saturated rings. The largest absolute Gasteiger partial charge is 0.325 e. The summed E-state index contributed by atoms with van der Waals surface area (Å²) in [6, 6.07) is 12.1. The predicted molar refractivity (Wildman–Crippen MR) is 88.4 cm³/mol. The third-order valence-corrected chi connectivity index (χ3v) is 4.28. The summed E-state index contributed by atoms with van der Waals surface area (Å²) >= 11 is 0. The number of benzene rings is 2. The molecule has 23 heavy (non-hydrogen) atoms. The van der Waals surface area contributed by atoms with E-state index in [0.29, 0.717) is 11.4 Å². The van der Waals surface area contributed by atoms with E-state index in [2.05, 4.69) is 5.32 Å². The quantitative estimate of drug-likeness (QED) is 0.912. The lowest BCUT2D eigenvalue weighted by molar-refractivity contribution is -0.114. The van der Waals surface area contributed by atoms with Crippen LogP contribution in [0, 0.1) is 12.7 Å². The molecule has 0 unspecified atom stereocenters. The first kappa shape index (κ1) is 17.0. The molecular formula is C16H17FN2O3S. The first-order valence-electron chi connectivity index (χ1n) is 6.85. The molecule has 0 saturated carbocycles. The molecule has 0 aliphatic rings. The van der Waals surface area contributed by atoms with Crippen molar-refractivity contribution >= 4 is 27.3 Å². The number of anilines is 2. The Bertz CT molecular complexity index is 787. The maximum atomic E-state index is 12.8. The van der Waals surface area contributed by atoms with Crippen molar-refractivity contribution in [3.05, 3.63) is 59.9 Å². The zero-order valence-corrected chi connectivity index (χ0v) is 13.6. The van der Waals surface area contributed by atoms with Crippen LogP contribution >= 0.6 is 0 Å². The molecule has 0 aliphatic heterocycles. The Morgan fingerprint density at radius 3 is 2.17 bits per heavy atom. The lowest BCUT2D eigenvalue weighted by atomic mass is 10.2. The van der Waals surface area contributed by atoms with Crippen LogP contribution in [-0.4, -0.2) is 27.1 Å². The van der Waals surface area contributed by atoms with Gasteiger partial charge in [0.25, 0.3) is 0 Å². The molecule has 0 spiro atoms. The van der Waals surface area contributed by atoms with Gasteiger partial charge in [0.2, 0.25) is 15.9 Å². The molecule has 1 N–H and O–H groups in total. The highest BCUT2D eigenvalue weighted by Gasteiger charge is 2.20. The molecule has 122 valence electrons. The highest BCUT2D eigenvalue weighted by atomic mass is 32.2. The summed E-state index contributed by atoms with van der Waals surface area (Å²) in [7, 11) is -3.61. The van der Waals surface area contributed by atoms with Gasteiger partial charge in [-0.3, -0.25) is 9.10 Å². The summed E-state index contributed by atoms with van der Waals surface area (Å²) in [4.78, 5) is 12.1. The van der Waals surface area contributed by atoms with Gasteiger partial charge >= 0.3 is 0 Å². The van der Waals surface area contributed by atoms with Crippen molar-refractivity contribution in [3.63, 3.8) is 0 Å². The van der Waals surface area contributed by atoms with Gasteiger partial charge in [0.15, 0.2) is 0 Å². The lowest BCUT2D eigenvalue weighted by Gasteiger charge is -2.22. The average Bonchev–Trinajstić information content (AvgIpc) is 2.47. The Morgan fingerprint density at radius 2 is 1.65 bits per heavy atom. The molecule has 0 heterocycles. The average molecular weight is 336 g/mol. The van der Waals surface area contributed by atoms with Crippen LogP contribution in [0.4, 0.5) is 15.8 Å².